The summed E-state index contributed by atoms with van der Waals surface area (Å²) in [7, 11) is 0. The zero-order valence-electron chi connectivity index (χ0n) is 12.5. The molecule has 3 atom stereocenters. The molecule has 6 heteroatoms. The van der Waals surface area contributed by atoms with E-state index in [0.29, 0.717) is 25.4 Å². The lowest BCUT2D eigenvalue weighted by atomic mass is 10.1. The van der Waals surface area contributed by atoms with E-state index in [1.54, 1.807) is 12.1 Å². The van der Waals surface area contributed by atoms with Crippen molar-refractivity contribution in [2.75, 3.05) is 31.1 Å². The van der Waals surface area contributed by atoms with Crippen molar-refractivity contribution in [2.24, 2.45) is 5.92 Å². The van der Waals surface area contributed by atoms with Gasteiger partial charge in [0.25, 0.3) is 0 Å². The third kappa shape index (κ3) is 3.56. The molecule has 2 aliphatic heterocycles. The molecule has 2 aliphatic rings. The number of β-amino-alcohol motifs (C(OH)–C–C–N with tert-alkyl or cyclic N) is 1. The van der Waals surface area contributed by atoms with E-state index in [9.17, 15) is 14.3 Å². The van der Waals surface area contributed by atoms with Gasteiger partial charge in [-0.15, -0.1) is 0 Å². The highest BCUT2D eigenvalue weighted by atomic mass is 19.1. The summed E-state index contributed by atoms with van der Waals surface area (Å²) in [5, 5.41) is 15.4. The maximum absolute atomic E-state index is 12.9. The smallest absolute Gasteiger partial charge is 0.237 e. The molecular weight excluding hydrogens is 285 g/mol. The van der Waals surface area contributed by atoms with Crippen molar-refractivity contribution in [1.82, 2.24) is 10.6 Å². The van der Waals surface area contributed by atoms with Crippen LogP contribution in [0.2, 0.25) is 0 Å². The molecule has 1 amide bonds. The van der Waals surface area contributed by atoms with Crippen LogP contribution in [0.15, 0.2) is 24.3 Å². The summed E-state index contributed by atoms with van der Waals surface area (Å²) in [5.41, 5.74) is 1.02. The molecule has 2 fully saturated rings. The number of rotatable bonds is 4. The molecule has 0 saturated carbocycles. The second kappa shape index (κ2) is 6.62. The summed E-state index contributed by atoms with van der Waals surface area (Å²) in [5.74, 6) is 0.148. The highest BCUT2D eigenvalue weighted by molar-refractivity contribution is 5.82. The van der Waals surface area contributed by atoms with Crippen molar-refractivity contribution >= 4 is 11.6 Å². The van der Waals surface area contributed by atoms with E-state index in [1.165, 1.54) is 12.1 Å². The topological polar surface area (TPSA) is 64.6 Å². The number of halogens is 1. The number of nitrogens with one attached hydrogen (secondary N) is 2. The normalized spacial score (nSPS) is 28.1. The summed E-state index contributed by atoms with van der Waals surface area (Å²) >= 11 is 0. The third-order valence-electron chi connectivity index (χ3n) is 4.47. The summed E-state index contributed by atoms with van der Waals surface area (Å²) in [6.45, 7) is 2.92. The number of carbonyl (C=O) groups excluding carboxylic acids is 1. The third-order valence-corrected chi connectivity index (χ3v) is 4.47. The van der Waals surface area contributed by atoms with Gasteiger partial charge >= 0.3 is 0 Å². The van der Waals surface area contributed by atoms with E-state index in [-0.39, 0.29) is 17.8 Å². The Balaban J connectivity index is 1.45. The molecule has 0 aromatic heterocycles. The number of nitrogens with zero attached hydrogens (tertiary/aromatic N) is 1. The van der Waals surface area contributed by atoms with E-state index in [4.69, 9.17) is 0 Å². The first-order valence-corrected chi connectivity index (χ1v) is 7.81. The van der Waals surface area contributed by atoms with E-state index in [1.807, 2.05) is 0 Å². The highest BCUT2D eigenvalue weighted by Gasteiger charge is 2.29. The van der Waals surface area contributed by atoms with E-state index >= 15 is 0 Å². The summed E-state index contributed by atoms with van der Waals surface area (Å²) in [4.78, 5) is 14.2. The van der Waals surface area contributed by atoms with Crippen LogP contribution in [0.4, 0.5) is 10.1 Å². The van der Waals surface area contributed by atoms with Crippen LogP contribution in [0, 0.1) is 11.7 Å². The average Bonchev–Trinajstić information content (AvgIpc) is 3.15. The monoisotopic (exact) mass is 307 g/mol. The lowest BCUT2D eigenvalue weighted by Gasteiger charge is -2.19. The Kier molecular flexibility index (Phi) is 4.59. The minimum atomic E-state index is -0.420. The Labute approximate surface area is 129 Å². The second-order valence-corrected chi connectivity index (χ2v) is 6.17. The standard InChI is InChI=1S/C16H22FN3O2/c17-12-1-3-13(4-2-12)20-6-5-11(10-20)8-19-16(22)15-7-14(21)9-18-15/h1-4,11,14-15,18,21H,5-10H2,(H,19,22)/t11?,14-,15-/m1/s1. The van der Waals surface area contributed by atoms with Crippen molar-refractivity contribution in [3.05, 3.63) is 30.1 Å². The average molecular weight is 307 g/mol. The van der Waals surface area contributed by atoms with Gasteiger partial charge in [0.1, 0.15) is 5.82 Å². The quantitative estimate of drug-likeness (QED) is 0.757. The minimum absolute atomic E-state index is 0.0308. The van der Waals surface area contributed by atoms with Gasteiger partial charge < -0.3 is 20.6 Å². The SMILES string of the molecule is O=C(NCC1CCN(c2ccc(F)cc2)C1)[C@H]1C[C@@H](O)CN1. The Morgan fingerprint density at radius 3 is 2.86 bits per heavy atom. The molecule has 1 aromatic rings. The van der Waals surface area contributed by atoms with Gasteiger partial charge in [-0.1, -0.05) is 0 Å². The maximum Gasteiger partial charge on any atom is 0.237 e. The fourth-order valence-corrected chi connectivity index (χ4v) is 3.17. The molecule has 2 heterocycles. The molecule has 0 bridgehead atoms. The molecular formula is C16H22FN3O2. The van der Waals surface area contributed by atoms with Gasteiger partial charge in [0, 0.05) is 31.9 Å². The maximum atomic E-state index is 12.9. The van der Waals surface area contributed by atoms with Crippen molar-refractivity contribution < 1.29 is 14.3 Å². The molecule has 5 nitrogen and oxygen atoms in total. The Morgan fingerprint density at radius 2 is 2.18 bits per heavy atom. The number of benzene rings is 1. The van der Waals surface area contributed by atoms with E-state index in [0.717, 1.165) is 25.2 Å². The lowest BCUT2D eigenvalue weighted by Crippen LogP contribution is -2.42. The van der Waals surface area contributed by atoms with Gasteiger partial charge in [-0.2, -0.15) is 0 Å². The van der Waals surface area contributed by atoms with Crippen LogP contribution in [-0.4, -0.2) is 49.3 Å². The predicted molar refractivity (Wildman–Crippen MR) is 82.1 cm³/mol. The van der Waals surface area contributed by atoms with Gasteiger partial charge in [-0.3, -0.25) is 4.79 Å². The van der Waals surface area contributed by atoms with Gasteiger partial charge in [-0.05, 0) is 43.0 Å². The molecule has 1 unspecified atom stereocenters. The van der Waals surface area contributed by atoms with Crippen LogP contribution in [-0.2, 0) is 4.79 Å². The summed E-state index contributed by atoms with van der Waals surface area (Å²) in [6, 6.07) is 6.26. The van der Waals surface area contributed by atoms with E-state index < -0.39 is 6.10 Å². The van der Waals surface area contributed by atoms with Gasteiger partial charge in [0.2, 0.25) is 5.91 Å². The molecule has 3 N–H and O–H groups in total. The summed E-state index contributed by atoms with van der Waals surface area (Å²) < 4.78 is 12.9. The molecule has 120 valence electrons. The lowest BCUT2D eigenvalue weighted by molar-refractivity contribution is -0.123. The van der Waals surface area contributed by atoms with Gasteiger partial charge in [0.15, 0.2) is 0 Å². The van der Waals surface area contributed by atoms with Crippen LogP contribution in [0.1, 0.15) is 12.8 Å². The van der Waals surface area contributed by atoms with Crippen molar-refractivity contribution in [3.8, 4) is 0 Å². The van der Waals surface area contributed by atoms with E-state index in [2.05, 4.69) is 15.5 Å². The number of aliphatic hydroxyl groups is 1. The number of carbonyl (C=O) groups is 1. The molecule has 0 aliphatic carbocycles. The zero-order valence-corrected chi connectivity index (χ0v) is 12.5. The zero-order chi connectivity index (χ0) is 15.5. The highest BCUT2D eigenvalue weighted by Crippen LogP contribution is 2.23. The molecule has 1 aromatic carbocycles. The van der Waals surface area contributed by atoms with Crippen molar-refractivity contribution in [3.63, 3.8) is 0 Å². The first-order chi connectivity index (χ1) is 10.6. The molecule has 22 heavy (non-hydrogen) atoms. The molecule has 0 spiro atoms. The van der Waals surface area contributed by atoms with Crippen LogP contribution in [0.25, 0.3) is 0 Å². The Bertz CT molecular complexity index is 523. The van der Waals surface area contributed by atoms with Crippen LogP contribution < -0.4 is 15.5 Å². The first kappa shape index (κ1) is 15.2. The number of hydrogen-bond donors (Lipinski definition) is 3. The van der Waals surface area contributed by atoms with Gasteiger partial charge in [-0.25, -0.2) is 4.39 Å². The van der Waals surface area contributed by atoms with Gasteiger partial charge in [0.05, 0.1) is 12.1 Å². The second-order valence-electron chi connectivity index (χ2n) is 6.17. The predicted octanol–water partition coefficient (Wildman–Crippen LogP) is 0.491. The van der Waals surface area contributed by atoms with Crippen molar-refractivity contribution in [1.29, 1.82) is 0 Å². The number of amides is 1. The Hall–Kier alpha value is -1.66. The number of hydrogen-bond acceptors (Lipinski definition) is 4. The molecule has 3 rings (SSSR count). The number of anilines is 1. The van der Waals surface area contributed by atoms with Crippen LogP contribution in [0.3, 0.4) is 0 Å². The fraction of sp³-hybridized carbons (Fsp3) is 0.562. The van der Waals surface area contributed by atoms with Crippen LogP contribution >= 0.6 is 0 Å². The fourth-order valence-electron chi connectivity index (χ4n) is 3.17. The van der Waals surface area contributed by atoms with Crippen molar-refractivity contribution in [2.45, 2.75) is 25.0 Å². The first-order valence-electron chi connectivity index (χ1n) is 7.81. The van der Waals surface area contributed by atoms with Crippen LogP contribution in [0.5, 0.6) is 0 Å². The molecule has 0 radical (unpaired) electrons. The summed E-state index contributed by atoms with van der Waals surface area (Å²) in [6.07, 6.45) is 1.08. The minimum Gasteiger partial charge on any atom is -0.392 e. The Morgan fingerprint density at radius 1 is 1.41 bits per heavy atom. The number of aliphatic hydroxyl groups excluding tert-OH is 1. The largest absolute Gasteiger partial charge is 0.392 e. The molecule has 2 saturated heterocycles.